The molecule has 2 atom stereocenters. The number of hydrogen-bond donors (Lipinski definition) is 0. The summed E-state index contributed by atoms with van der Waals surface area (Å²) in [5.74, 6) is 0.455. The first-order valence-electron chi connectivity index (χ1n) is 10.9. The van der Waals surface area contributed by atoms with Crippen molar-refractivity contribution in [3.05, 3.63) is 0 Å². The molecule has 0 nitrogen and oxygen atoms in total. The fourth-order valence-electron chi connectivity index (χ4n) is 3.74. The van der Waals surface area contributed by atoms with Crippen LogP contribution in [0.1, 0.15) is 78.6 Å². The van der Waals surface area contributed by atoms with Crippen LogP contribution < -0.4 is 0 Å². The standard InChI is InChI=1S/C20H43F3Si2/c1-4-6-8-15-25(23,16-9-7-5-2)18-19(3)12-14-24-17-20(22)11-10-13-21/h19-20H,4-18,24H2,1-3H3. The summed E-state index contributed by atoms with van der Waals surface area (Å²) in [6, 6.07) is 4.31. The van der Waals surface area contributed by atoms with E-state index in [4.69, 9.17) is 0 Å². The van der Waals surface area contributed by atoms with Gasteiger partial charge >= 0.3 is 0 Å². The van der Waals surface area contributed by atoms with Gasteiger partial charge in [-0.05, 0) is 42.9 Å². The van der Waals surface area contributed by atoms with Crippen molar-refractivity contribution in [2.24, 2.45) is 5.92 Å². The molecule has 0 aliphatic carbocycles. The molecule has 0 aromatic rings. The smallest absolute Gasteiger partial charge is 0.247 e. The van der Waals surface area contributed by atoms with Gasteiger partial charge in [0.05, 0.1) is 12.8 Å². The first-order valence-corrected chi connectivity index (χ1v) is 15.4. The third kappa shape index (κ3) is 15.0. The minimum atomic E-state index is -2.59. The number of unbranched alkanes of at least 4 members (excludes halogenated alkanes) is 4. The zero-order chi connectivity index (χ0) is 19.0. The molecule has 0 heterocycles. The average molecular weight is 397 g/mol. The predicted molar refractivity (Wildman–Crippen MR) is 112 cm³/mol. The van der Waals surface area contributed by atoms with Crippen molar-refractivity contribution in [2.45, 2.75) is 115 Å². The molecule has 152 valence electrons. The molecule has 0 radical (unpaired) electrons. The molecule has 0 aromatic heterocycles. The van der Waals surface area contributed by atoms with E-state index in [-0.39, 0.29) is 0 Å². The van der Waals surface area contributed by atoms with Gasteiger partial charge in [-0.15, -0.1) is 0 Å². The lowest BCUT2D eigenvalue weighted by molar-refractivity contribution is 0.316. The van der Waals surface area contributed by atoms with E-state index in [2.05, 4.69) is 20.8 Å². The number of alkyl halides is 2. The second-order valence-electron chi connectivity index (χ2n) is 8.09. The van der Waals surface area contributed by atoms with Gasteiger partial charge < -0.3 is 4.11 Å². The summed E-state index contributed by atoms with van der Waals surface area (Å²) in [5.41, 5.74) is 0. The van der Waals surface area contributed by atoms with Gasteiger partial charge in [0.1, 0.15) is 0 Å². The molecule has 0 rings (SSSR count). The number of halogens is 3. The van der Waals surface area contributed by atoms with Crippen LogP contribution in [-0.4, -0.2) is 30.8 Å². The largest absolute Gasteiger partial charge is 0.314 e. The monoisotopic (exact) mass is 396 g/mol. The van der Waals surface area contributed by atoms with Crippen molar-refractivity contribution in [3.63, 3.8) is 0 Å². The zero-order valence-electron chi connectivity index (χ0n) is 17.1. The van der Waals surface area contributed by atoms with Crippen LogP contribution in [0.15, 0.2) is 0 Å². The van der Waals surface area contributed by atoms with Crippen LogP contribution in [0.3, 0.4) is 0 Å². The number of rotatable bonds is 18. The molecule has 5 heteroatoms. The zero-order valence-corrected chi connectivity index (χ0v) is 19.5. The molecule has 25 heavy (non-hydrogen) atoms. The summed E-state index contributed by atoms with van der Waals surface area (Å²) in [4.78, 5) is 0. The minimum absolute atomic E-state index is 0.359. The predicted octanol–water partition coefficient (Wildman–Crippen LogP) is 7.40. The lowest BCUT2D eigenvalue weighted by atomic mass is 10.2. The summed E-state index contributed by atoms with van der Waals surface area (Å²) in [7, 11) is -2.99. The summed E-state index contributed by atoms with van der Waals surface area (Å²) in [6.45, 7) is 6.15. The maximum atomic E-state index is 15.5. The minimum Gasteiger partial charge on any atom is -0.314 e. The van der Waals surface area contributed by atoms with E-state index in [0.717, 1.165) is 69.1 Å². The highest BCUT2D eigenvalue weighted by Crippen LogP contribution is 2.33. The van der Waals surface area contributed by atoms with Gasteiger partial charge in [-0.25, -0.2) is 4.39 Å². The van der Waals surface area contributed by atoms with Gasteiger partial charge in [-0.1, -0.05) is 71.8 Å². The van der Waals surface area contributed by atoms with E-state index in [1.165, 1.54) is 0 Å². The highest BCUT2D eigenvalue weighted by molar-refractivity contribution is 6.73. The Morgan fingerprint density at radius 3 is 2.04 bits per heavy atom. The Kier molecular flexibility index (Phi) is 16.5. The van der Waals surface area contributed by atoms with Crippen molar-refractivity contribution < 1.29 is 12.9 Å². The third-order valence-corrected chi connectivity index (χ3v) is 11.2. The Hall–Kier alpha value is 0.224. The van der Waals surface area contributed by atoms with Crippen molar-refractivity contribution in [2.75, 3.05) is 6.67 Å². The summed E-state index contributed by atoms with van der Waals surface area (Å²) in [5, 5.41) is 0. The molecule has 0 aromatic carbocycles. The molecule has 0 fully saturated rings. The van der Waals surface area contributed by atoms with Gasteiger partial charge in [0, 0.05) is 9.52 Å². The normalized spacial score (nSPS) is 15.1. The van der Waals surface area contributed by atoms with Crippen LogP contribution in [0.25, 0.3) is 0 Å². The van der Waals surface area contributed by atoms with Crippen LogP contribution in [0.5, 0.6) is 0 Å². The van der Waals surface area contributed by atoms with Crippen LogP contribution in [0.4, 0.5) is 12.9 Å². The van der Waals surface area contributed by atoms with Crippen LogP contribution >= 0.6 is 0 Å². The summed E-state index contributed by atoms with van der Waals surface area (Å²) < 4.78 is 41.1. The van der Waals surface area contributed by atoms with Crippen molar-refractivity contribution in [1.29, 1.82) is 0 Å². The Morgan fingerprint density at radius 2 is 1.52 bits per heavy atom. The van der Waals surface area contributed by atoms with Gasteiger partial charge in [0.15, 0.2) is 0 Å². The highest BCUT2D eigenvalue weighted by atomic mass is 28.4. The summed E-state index contributed by atoms with van der Waals surface area (Å²) in [6.07, 6.45) is 7.77. The van der Waals surface area contributed by atoms with E-state index < -0.39 is 30.8 Å². The molecule has 0 N–H and O–H groups in total. The van der Waals surface area contributed by atoms with Crippen LogP contribution in [-0.2, 0) is 0 Å². The van der Waals surface area contributed by atoms with Gasteiger partial charge in [0.2, 0.25) is 8.41 Å². The fraction of sp³-hybridized carbons (Fsp3) is 1.00. The second-order valence-corrected chi connectivity index (χ2v) is 13.8. The summed E-state index contributed by atoms with van der Waals surface area (Å²) >= 11 is 0. The third-order valence-electron chi connectivity index (χ3n) is 5.29. The highest BCUT2D eigenvalue weighted by Gasteiger charge is 2.34. The number of hydrogen-bond acceptors (Lipinski definition) is 0. The topological polar surface area (TPSA) is 0 Å². The first-order chi connectivity index (χ1) is 12.0. The van der Waals surface area contributed by atoms with E-state index in [9.17, 15) is 8.78 Å². The first kappa shape index (κ1) is 25.2. The van der Waals surface area contributed by atoms with E-state index >= 15 is 4.11 Å². The molecule has 0 saturated heterocycles. The molecule has 0 bridgehead atoms. The molecule has 0 aliphatic rings. The maximum Gasteiger partial charge on any atom is 0.247 e. The lowest BCUT2D eigenvalue weighted by Crippen LogP contribution is -2.30. The molecular weight excluding hydrogens is 353 g/mol. The van der Waals surface area contributed by atoms with E-state index in [0.29, 0.717) is 24.8 Å². The molecule has 2 unspecified atom stereocenters. The molecular formula is C20H43F3Si2. The van der Waals surface area contributed by atoms with E-state index in [1.54, 1.807) is 0 Å². The maximum absolute atomic E-state index is 15.5. The Balaban J connectivity index is 4.11. The molecule has 0 saturated carbocycles. The molecule has 0 aliphatic heterocycles. The second kappa shape index (κ2) is 16.4. The molecule has 0 spiro atoms. The fourth-order valence-corrected chi connectivity index (χ4v) is 9.63. The van der Waals surface area contributed by atoms with Gasteiger partial charge in [0.25, 0.3) is 0 Å². The van der Waals surface area contributed by atoms with Gasteiger partial charge in [-0.2, -0.15) is 0 Å². The van der Waals surface area contributed by atoms with Crippen molar-refractivity contribution >= 4 is 17.9 Å². The quantitative estimate of drug-likeness (QED) is 0.129. The average Bonchev–Trinajstić information content (AvgIpc) is 2.57. The van der Waals surface area contributed by atoms with Gasteiger partial charge in [-0.3, -0.25) is 4.39 Å². The Bertz CT molecular complexity index is 280. The SMILES string of the molecule is CCCCC[Si](F)(CCCCC)CC(C)CC[SiH2]CC(F)CCCF. The van der Waals surface area contributed by atoms with Crippen LogP contribution in [0, 0.1) is 5.92 Å². The Morgan fingerprint density at radius 1 is 0.920 bits per heavy atom. The van der Waals surface area contributed by atoms with Crippen molar-refractivity contribution in [1.82, 2.24) is 0 Å². The Labute approximate surface area is 158 Å². The lowest BCUT2D eigenvalue weighted by Gasteiger charge is -2.26. The van der Waals surface area contributed by atoms with Crippen LogP contribution in [0.2, 0.25) is 30.2 Å². The molecule has 0 amide bonds. The van der Waals surface area contributed by atoms with Crippen molar-refractivity contribution in [3.8, 4) is 0 Å². The van der Waals surface area contributed by atoms with E-state index in [1.807, 2.05) is 0 Å².